The molecule has 0 radical (unpaired) electrons. The Morgan fingerprint density at radius 3 is 2.50 bits per heavy atom. The molecule has 0 saturated heterocycles. The molecule has 0 aromatic rings. The summed E-state index contributed by atoms with van der Waals surface area (Å²) in [5.74, 6) is 3.92. The van der Waals surface area contributed by atoms with Crippen molar-refractivity contribution < 1.29 is 0 Å². The minimum atomic E-state index is 0.431. The molecule has 0 amide bonds. The van der Waals surface area contributed by atoms with Crippen LogP contribution in [-0.4, -0.2) is 6.04 Å². The van der Waals surface area contributed by atoms with Crippen LogP contribution in [0.2, 0.25) is 0 Å². The van der Waals surface area contributed by atoms with Crippen LogP contribution in [0.4, 0.5) is 0 Å². The van der Waals surface area contributed by atoms with E-state index in [-0.39, 0.29) is 0 Å². The van der Waals surface area contributed by atoms with Crippen LogP contribution in [0.15, 0.2) is 11.6 Å². The van der Waals surface area contributed by atoms with Gasteiger partial charge in [-0.15, -0.1) is 0 Å². The first-order valence-electron chi connectivity index (χ1n) is 10.9. The van der Waals surface area contributed by atoms with Gasteiger partial charge in [0.15, 0.2) is 0 Å². The van der Waals surface area contributed by atoms with Crippen molar-refractivity contribution in [1.82, 2.24) is 0 Å². The maximum atomic E-state index is 6.27. The Balaban J connectivity index is 0.000000815. The molecule has 7 atom stereocenters. The van der Waals surface area contributed by atoms with Crippen LogP contribution < -0.4 is 5.73 Å². The summed E-state index contributed by atoms with van der Waals surface area (Å²) in [4.78, 5) is 0. The highest BCUT2D eigenvalue weighted by Gasteiger charge is 2.57. The highest BCUT2D eigenvalue weighted by Crippen LogP contribution is 2.66. The molecule has 0 bridgehead atoms. The summed E-state index contributed by atoms with van der Waals surface area (Å²) in [5.41, 5.74) is 9.15. The smallest absolute Gasteiger partial charge is 0.00766 e. The van der Waals surface area contributed by atoms with Gasteiger partial charge in [-0.05, 0) is 85.9 Å². The lowest BCUT2D eigenvalue weighted by atomic mass is 9.47. The second-order valence-electron chi connectivity index (χ2n) is 9.49. The summed E-state index contributed by atoms with van der Waals surface area (Å²) in [6.07, 6.45) is 15.2. The molecule has 7 unspecified atom stereocenters. The molecule has 0 aromatic heterocycles. The van der Waals surface area contributed by atoms with E-state index in [1.54, 1.807) is 5.57 Å². The van der Waals surface area contributed by atoms with Gasteiger partial charge in [-0.1, -0.05) is 52.7 Å². The van der Waals surface area contributed by atoms with Crippen molar-refractivity contribution >= 4 is 0 Å². The van der Waals surface area contributed by atoms with Gasteiger partial charge in [-0.3, -0.25) is 0 Å². The summed E-state index contributed by atoms with van der Waals surface area (Å²) in [6.45, 7) is 11.7. The molecule has 138 valence electrons. The van der Waals surface area contributed by atoms with E-state index in [1.807, 2.05) is 13.8 Å². The molecule has 4 aliphatic rings. The van der Waals surface area contributed by atoms with Crippen LogP contribution in [0.3, 0.4) is 0 Å². The summed E-state index contributed by atoms with van der Waals surface area (Å²) in [6, 6.07) is 0.431. The lowest BCUT2D eigenvalue weighted by Crippen LogP contribution is -2.50. The summed E-state index contributed by atoms with van der Waals surface area (Å²) in [5, 5.41) is 0. The molecule has 0 aromatic carbocycles. The minimum Gasteiger partial charge on any atom is -0.327 e. The Morgan fingerprint density at radius 1 is 1.04 bits per heavy atom. The van der Waals surface area contributed by atoms with Crippen LogP contribution in [0.25, 0.3) is 0 Å². The molecule has 0 spiro atoms. The lowest BCUT2D eigenvalue weighted by molar-refractivity contribution is -0.0424. The maximum Gasteiger partial charge on any atom is 0.00766 e. The van der Waals surface area contributed by atoms with E-state index in [1.165, 1.54) is 57.8 Å². The molecule has 0 aliphatic heterocycles. The van der Waals surface area contributed by atoms with Gasteiger partial charge in [0.25, 0.3) is 0 Å². The summed E-state index contributed by atoms with van der Waals surface area (Å²) in [7, 11) is 0. The predicted octanol–water partition coefficient (Wildman–Crippen LogP) is 6.33. The monoisotopic (exact) mass is 331 g/mol. The first-order valence-corrected chi connectivity index (χ1v) is 10.9. The van der Waals surface area contributed by atoms with Crippen LogP contribution in [0.1, 0.15) is 92.4 Å². The third-order valence-electron chi connectivity index (χ3n) is 8.83. The summed E-state index contributed by atoms with van der Waals surface area (Å²) >= 11 is 0. The molecular formula is C23H41N. The quantitative estimate of drug-likeness (QED) is 0.558. The molecule has 0 heterocycles. The highest BCUT2D eigenvalue weighted by atomic mass is 14.7. The van der Waals surface area contributed by atoms with Crippen LogP contribution in [0.5, 0.6) is 0 Å². The summed E-state index contributed by atoms with van der Waals surface area (Å²) < 4.78 is 0. The van der Waals surface area contributed by atoms with Crippen molar-refractivity contribution in [2.45, 2.75) is 98.4 Å². The fraction of sp³-hybridized carbons (Fsp3) is 0.913. The highest BCUT2D eigenvalue weighted by molar-refractivity contribution is 5.25. The molecule has 4 aliphatic carbocycles. The van der Waals surface area contributed by atoms with Gasteiger partial charge >= 0.3 is 0 Å². The predicted molar refractivity (Wildman–Crippen MR) is 105 cm³/mol. The van der Waals surface area contributed by atoms with E-state index < -0.39 is 0 Å². The Labute approximate surface area is 150 Å². The Kier molecular flexibility index (Phi) is 5.23. The SMILES string of the molecule is CC.CCC1CCC2C3CC=C4CC(N)CCC4(C)C3CCC12C. The van der Waals surface area contributed by atoms with Crippen molar-refractivity contribution in [3.63, 3.8) is 0 Å². The number of rotatable bonds is 1. The lowest BCUT2D eigenvalue weighted by Gasteiger charge is -2.58. The van der Waals surface area contributed by atoms with Gasteiger partial charge in [0.05, 0.1) is 0 Å². The van der Waals surface area contributed by atoms with Crippen LogP contribution in [-0.2, 0) is 0 Å². The van der Waals surface area contributed by atoms with Gasteiger partial charge in [0.2, 0.25) is 0 Å². The first-order chi connectivity index (χ1) is 11.5. The fourth-order valence-corrected chi connectivity index (χ4v) is 7.47. The zero-order valence-corrected chi connectivity index (χ0v) is 16.9. The number of hydrogen-bond donors (Lipinski definition) is 1. The molecule has 4 rings (SSSR count). The van der Waals surface area contributed by atoms with E-state index in [2.05, 4.69) is 26.8 Å². The van der Waals surface area contributed by atoms with Gasteiger partial charge in [-0.25, -0.2) is 0 Å². The molecule has 1 nitrogen and oxygen atoms in total. The van der Waals surface area contributed by atoms with Crippen LogP contribution in [0, 0.1) is 34.5 Å². The molecule has 24 heavy (non-hydrogen) atoms. The molecule has 1 heteroatoms. The zero-order chi connectivity index (χ0) is 17.5. The zero-order valence-electron chi connectivity index (χ0n) is 16.9. The van der Waals surface area contributed by atoms with E-state index in [0.29, 0.717) is 16.9 Å². The molecule has 3 saturated carbocycles. The Morgan fingerprint density at radius 2 is 1.79 bits per heavy atom. The van der Waals surface area contributed by atoms with Crippen molar-refractivity contribution in [2.75, 3.05) is 0 Å². The van der Waals surface area contributed by atoms with Gasteiger partial charge in [-0.2, -0.15) is 0 Å². The van der Waals surface area contributed by atoms with E-state index in [9.17, 15) is 0 Å². The van der Waals surface area contributed by atoms with Crippen molar-refractivity contribution in [1.29, 1.82) is 0 Å². The molecule has 2 N–H and O–H groups in total. The van der Waals surface area contributed by atoms with Gasteiger partial charge in [0, 0.05) is 6.04 Å². The first kappa shape index (κ1) is 18.5. The number of fused-ring (bicyclic) bond motifs is 5. The maximum absolute atomic E-state index is 6.27. The second-order valence-corrected chi connectivity index (χ2v) is 9.49. The van der Waals surface area contributed by atoms with E-state index in [0.717, 1.165) is 23.7 Å². The third-order valence-corrected chi connectivity index (χ3v) is 8.83. The standard InChI is InChI=1S/C21H35N.C2H6/c1-4-14-6-8-18-17-7-5-15-13-16(22)9-11-21(15,3)19(17)10-12-20(14,18)2;1-2/h5,14,16-19H,4,6-13,22H2,1-3H3;1-2H3. The van der Waals surface area contributed by atoms with Crippen molar-refractivity contribution in [2.24, 2.45) is 40.2 Å². The number of hydrogen-bond acceptors (Lipinski definition) is 1. The Bertz CT molecular complexity index is 480. The topological polar surface area (TPSA) is 26.0 Å². The minimum absolute atomic E-state index is 0.431. The number of allylic oxidation sites excluding steroid dienone is 1. The number of nitrogens with two attached hydrogens (primary N) is 1. The third kappa shape index (κ3) is 2.61. The van der Waals surface area contributed by atoms with Crippen molar-refractivity contribution in [3.8, 4) is 0 Å². The van der Waals surface area contributed by atoms with Gasteiger partial charge < -0.3 is 5.73 Å². The normalized spacial score (nSPS) is 49.9. The average Bonchev–Trinajstić information content (AvgIpc) is 2.93. The van der Waals surface area contributed by atoms with Crippen LogP contribution >= 0.6 is 0 Å². The molecular weight excluding hydrogens is 290 g/mol. The van der Waals surface area contributed by atoms with Gasteiger partial charge in [0.1, 0.15) is 0 Å². The Hall–Kier alpha value is -0.300. The average molecular weight is 332 g/mol. The van der Waals surface area contributed by atoms with Crippen molar-refractivity contribution in [3.05, 3.63) is 11.6 Å². The van der Waals surface area contributed by atoms with E-state index >= 15 is 0 Å². The van der Waals surface area contributed by atoms with E-state index in [4.69, 9.17) is 5.73 Å². The largest absolute Gasteiger partial charge is 0.327 e. The molecule has 3 fully saturated rings. The fourth-order valence-electron chi connectivity index (χ4n) is 7.47. The second kappa shape index (κ2) is 6.78.